The van der Waals surface area contributed by atoms with Crippen molar-refractivity contribution in [2.45, 2.75) is 39.4 Å². The third-order valence-electron chi connectivity index (χ3n) is 6.05. The number of likely N-dealkylation sites (N-methyl/N-ethyl adjacent to an activating group) is 1. The minimum Gasteiger partial charge on any atom is -0.328 e. The lowest BCUT2D eigenvalue weighted by Gasteiger charge is -2.38. The molecule has 29 heavy (non-hydrogen) atoms. The van der Waals surface area contributed by atoms with E-state index in [1.165, 1.54) is 5.69 Å². The number of piperazine rings is 1. The first-order valence-corrected chi connectivity index (χ1v) is 10.8. The molecule has 1 saturated heterocycles. The maximum atomic E-state index is 4.84. The van der Waals surface area contributed by atoms with Crippen molar-refractivity contribution in [3.05, 3.63) is 49.1 Å². The Morgan fingerprint density at radius 1 is 1.00 bits per heavy atom. The molecule has 0 saturated carbocycles. The Bertz CT molecular complexity index is 905. The summed E-state index contributed by atoms with van der Waals surface area (Å²) in [5.74, 6) is 0. The first-order chi connectivity index (χ1) is 14.2. The summed E-state index contributed by atoms with van der Waals surface area (Å²) >= 11 is 0. The van der Waals surface area contributed by atoms with Crippen LogP contribution in [0.5, 0.6) is 0 Å². The molecule has 1 aliphatic heterocycles. The average molecular weight is 393 g/mol. The van der Waals surface area contributed by atoms with Crippen molar-refractivity contribution in [1.29, 1.82) is 0 Å². The van der Waals surface area contributed by atoms with Gasteiger partial charge in [0.15, 0.2) is 0 Å². The van der Waals surface area contributed by atoms with Gasteiger partial charge >= 0.3 is 0 Å². The van der Waals surface area contributed by atoms with Crippen LogP contribution < -0.4 is 0 Å². The second-order valence-electron chi connectivity index (χ2n) is 7.95. The summed E-state index contributed by atoms with van der Waals surface area (Å²) in [7, 11) is 2.21. The van der Waals surface area contributed by atoms with Gasteiger partial charge in [-0.25, -0.2) is 4.98 Å². The summed E-state index contributed by atoms with van der Waals surface area (Å²) < 4.78 is 4.32. The van der Waals surface area contributed by atoms with Crippen molar-refractivity contribution in [3.63, 3.8) is 0 Å². The van der Waals surface area contributed by atoms with Crippen molar-refractivity contribution in [2.24, 2.45) is 0 Å². The molecule has 4 rings (SSSR count). The number of rotatable bonds is 7. The largest absolute Gasteiger partial charge is 0.328 e. The quantitative estimate of drug-likeness (QED) is 0.618. The van der Waals surface area contributed by atoms with Gasteiger partial charge in [-0.1, -0.05) is 37.3 Å². The maximum absolute atomic E-state index is 4.84. The second-order valence-corrected chi connectivity index (χ2v) is 7.95. The molecule has 0 unspecified atom stereocenters. The minimum atomic E-state index is 0.515. The van der Waals surface area contributed by atoms with Crippen LogP contribution in [-0.2, 0) is 13.1 Å². The molecule has 0 aliphatic carbocycles. The van der Waals surface area contributed by atoms with E-state index < -0.39 is 0 Å². The van der Waals surface area contributed by atoms with Gasteiger partial charge in [0, 0.05) is 62.6 Å². The molecule has 0 N–H and O–H groups in total. The zero-order valence-electron chi connectivity index (χ0n) is 17.8. The molecule has 1 atom stereocenters. The molecule has 154 valence electrons. The zero-order valence-corrected chi connectivity index (χ0v) is 17.8. The summed E-state index contributed by atoms with van der Waals surface area (Å²) in [5, 5.41) is 4.52. The normalized spacial score (nSPS) is 16.9. The van der Waals surface area contributed by atoms with E-state index in [0.717, 1.165) is 62.5 Å². The summed E-state index contributed by atoms with van der Waals surface area (Å²) in [6.45, 7) is 10.8. The second kappa shape index (κ2) is 8.93. The molecule has 3 heterocycles. The minimum absolute atomic E-state index is 0.515. The van der Waals surface area contributed by atoms with Crippen LogP contribution in [0.4, 0.5) is 0 Å². The molecule has 6 heteroatoms. The summed E-state index contributed by atoms with van der Waals surface area (Å²) in [4.78, 5) is 9.90. The fourth-order valence-electron chi connectivity index (χ4n) is 4.21. The number of imidazole rings is 1. The van der Waals surface area contributed by atoms with E-state index in [1.54, 1.807) is 0 Å². The molecule has 0 radical (unpaired) electrons. The van der Waals surface area contributed by atoms with E-state index in [1.807, 2.05) is 17.2 Å². The van der Waals surface area contributed by atoms with Gasteiger partial charge in [0.05, 0.1) is 23.9 Å². The first-order valence-electron chi connectivity index (χ1n) is 10.8. The molecule has 3 aromatic rings. The van der Waals surface area contributed by atoms with Crippen LogP contribution in [-0.4, -0.2) is 68.4 Å². The predicted molar refractivity (Wildman–Crippen MR) is 118 cm³/mol. The van der Waals surface area contributed by atoms with Gasteiger partial charge in [0.25, 0.3) is 0 Å². The van der Waals surface area contributed by atoms with Crippen LogP contribution in [0.3, 0.4) is 0 Å². The molecule has 0 spiro atoms. The Balaban J connectivity index is 1.68. The fraction of sp³-hybridized carbons (Fsp3) is 0.478. The molecule has 0 bridgehead atoms. The number of aromatic nitrogens is 4. The molecule has 1 aliphatic rings. The molecule has 1 fully saturated rings. The maximum Gasteiger partial charge on any atom is 0.0964 e. The molecule has 0 amide bonds. The Labute approximate surface area is 173 Å². The highest BCUT2D eigenvalue weighted by atomic mass is 15.3. The smallest absolute Gasteiger partial charge is 0.0964 e. The number of hydrogen-bond donors (Lipinski definition) is 0. The standard InChI is InChI=1S/C23H32N6/c1-4-21(27-13-11-26(3)12-14-27)17-28-18-24-22(19-9-7-6-8-10-19)23(28)20-15-25-29(5-2)16-20/h6-10,15-16,18,21H,4-5,11-14,17H2,1-3H3/t21-/m1/s1. The molecular weight excluding hydrogens is 360 g/mol. The van der Waals surface area contributed by atoms with Crippen LogP contribution in [0, 0.1) is 0 Å². The van der Waals surface area contributed by atoms with Gasteiger partial charge in [0.2, 0.25) is 0 Å². The predicted octanol–water partition coefficient (Wildman–Crippen LogP) is 3.46. The number of nitrogens with zero attached hydrogens (tertiary/aromatic N) is 6. The monoisotopic (exact) mass is 392 g/mol. The Kier molecular flexibility index (Phi) is 6.11. The van der Waals surface area contributed by atoms with E-state index in [0.29, 0.717) is 6.04 Å². The highest BCUT2D eigenvalue weighted by Crippen LogP contribution is 2.31. The number of aryl methyl sites for hydroxylation is 1. The van der Waals surface area contributed by atoms with Gasteiger partial charge < -0.3 is 9.47 Å². The third-order valence-corrected chi connectivity index (χ3v) is 6.05. The lowest BCUT2D eigenvalue weighted by molar-refractivity contribution is 0.100. The molecule has 6 nitrogen and oxygen atoms in total. The average Bonchev–Trinajstić information content (AvgIpc) is 3.40. The van der Waals surface area contributed by atoms with Gasteiger partial charge in [-0.2, -0.15) is 5.10 Å². The van der Waals surface area contributed by atoms with Crippen molar-refractivity contribution < 1.29 is 0 Å². The van der Waals surface area contributed by atoms with E-state index in [9.17, 15) is 0 Å². The van der Waals surface area contributed by atoms with Crippen LogP contribution in [0.25, 0.3) is 22.5 Å². The molecule has 2 aromatic heterocycles. The number of hydrogen-bond acceptors (Lipinski definition) is 4. The lowest BCUT2D eigenvalue weighted by atomic mass is 10.1. The summed E-state index contributed by atoms with van der Waals surface area (Å²) in [6, 6.07) is 11.0. The van der Waals surface area contributed by atoms with Gasteiger partial charge in [-0.3, -0.25) is 9.58 Å². The van der Waals surface area contributed by atoms with Crippen molar-refractivity contribution >= 4 is 0 Å². The van der Waals surface area contributed by atoms with Crippen LogP contribution in [0.1, 0.15) is 20.3 Å². The fourth-order valence-corrected chi connectivity index (χ4v) is 4.21. The first kappa shape index (κ1) is 19.9. The highest BCUT2D eigenvalue weighted by molar-refractivity contribution is 5.78. The third kappa shape index (κ3) is 4.28. The molecule has 1 aromatic carbocycles. The number of benzene rings is 1. The lowest BCUT2D eigenvalue weighted by Crippen LogP contribution is -2.50. The van der Waals surface area contributed by atoms with E-state index in [2.05, 4.69) is 76.9 Å². The Hall–Kier alpha value is -2.44. The van der Waals surface area contributed by atoms with Crippen LogP contribution in [0.15, 0.2) is 49.1 Å². The topological polar surface area (TPSA) is 42.1 Å². The summed E-state index contributed by atoms with van der Waals surface area (Å²) in [6.07, 6.45) is 7.26. The van der Waals surface area contributed by atoms with E-state index in [-0.39, 0.29) is 0 Å². The Morgan fingerprint density at radius 3 is 2.41 bits per heavy atom. The Morgan fingerprint density at radius 2 is 1.76 bits per heavy atom. The highest BCUT2D eigenvalue weighted by Gasteiger charge is 2.24. The van der Waals surface area contributed by atoms with Crippen LogP contribution >= 0.6 is 0 Å². The van der Waals surface area contributed by atoms with Gasteiger partial charge in [-0.15, -0.1) is 0 Å². The van der Waals surface area contributed by atoms with E-state index in [4.69, 9.17) is 4.98 Å². The van der Waals surface area contributed by atoms with Gasteiger partial charge in [-0.05, 0) is 20.4 Å². The van der Waals surface area contributed by atoms with Crippen molar-refractivity contribution in [1.82, 2.24) is 29.1 Å². The van der Waals surface area contributed by atoms with Crippen LogP contribution in [0.2, 0.25) is 0 Å². The van der Waals surface area contributed by atoms with Crippen molar-refractivity contribution in [3.8, 4) is 22.5 Å². The van der Waals surface area contributed by atoms with E-state index >= 15 is 0 Å². The zero-order chi connectivity index (χ0) is 20.2. The summed E-state index contributed by atoms with van der Waals surface area (Å²) in [5.41, 5.74) is 4.49. The van der Waals surface area contributed by atoms with Gasteiger partial charge in [0.1, 0.15) is 0 Å². The SMILES string of the molecule is CC[C@H](Cn1cnc(-c2ccccc2)c1-c1cnn(CC)c1)N1CCN(C)CC1. The van der Waals surface area contributed by atoms with Crippen molar-refractivity contribution in [2.75, 3.05) is 33.2 Å². The molecular formula is C23H32N6.